The molecule has 0 fully saturated rings. The Morgan fingerprint density at radius 1 is 1.00 bits per heavy atom. The first-order valence-electron chi connectivity index (χ1n) is 7.71. The Morgan fingerprint density at radius 3 is 2.20 bits per heavy atom. The number of aromatic nitrogens is 1. The molecule has 0 saturated carbocycles. The fraction of sp³-hybridized carbons (Fsp3) is 0.167. The molecule has 0 unspecified atom stereocenters. The van der Waals surface area contributed by atoms with Crippen molar-refractivity contribution in [1.29, 1.82) is 0 Å². The summed E-state index contributed by atoms with van der Waals surface area (Å²) < 4.78 is 28.5. The number of hydrogen-bond donors (Lipinski definition) is 1. The molecule has 0 saturated heterocycles. The molecule has 1 heterocycles. The predicted molar refractivity (Wildman–Crippen MR) is 99.7 cm³/mol. The second-order valence-electron chi connectivity index (χ2n) is 5.80. The van der Waals surface area contributed by atoms with E-state index in [9.17, 15) is 8.42 Å². The van der Waals surface area contributed by atoms with Crippen LogP contribution in [0.5, 0.6) is 0 Å². The molecule has 0 bridgehead atoms. The monoisotopic (exact) mass is 374 g/mol. The molecule has 2 aromatic carbocycles. The van der Waals surface area contributed by atoms with Crippen molar-refractivity contribution in [2.45, 2.75) is 29.1 Å². The Hall–Kier alpha value is -2.09. The first kappa shape index (κ1) is 17.7. The molecule has 3 aromatic rings. The molecular formula is C18H18N2O3S2. The van der Waals surface area contributed by atoms with Gasteiger partial charge in [0.25, 0.3) is 0 Å². The smallest absolute Gasteiger partial charge is 0.238 e. The Morgan fingerprint density at radius 2 is 1.64 bits per heavy atom. The van der Waals surface area contributed by atoms with Crippen LogP contribution in [0.1, 0.15) is 13.8 Å². The molecule has 0 atom stereocenters. The first-order valence-corrected chi connectivity index (χ1v) is 10.1. The molecule has 25 heavy (non-hydrogen) atoms. The van der Waals surface area contributed by atoms with Gasteiger partial charge in [0.1, 0.15) is 5.69 Å². The highest BCUT2D eigenvalue weighted by Crippen LogP contribution is 2.40. The first-order chi connectivity index (χ1) is 11.9. The van der Waals surface area contributed by atoms with E-state index in [2.05, 4.69) is 19.0 Å². The summed E-state index contributed by atoms with van der Waals surface area (Å²) in [5.74, 6) is 0. The van der Waals surface area contributed by atoms with Crippen molar-refractivity contribution >= 4 is 21.8 Å². The molecule has 0 spiro atoms. The summed E-state index contributed by atoms with van der Waals surface area (Å²) in [7, 11) is -3.72. The summed E-state index contributed by atoms with van der Waals surface area (Å²) in [4.78, 5) is 0.0760. The summed E-state index contributed by atoms with van der Waals surface area (Å²) in [6, 6.07) is 16.2. The van der Waals surface area contributed by atoms with Gasteiger partial charge in [-0.1, -0.05) is 73.2 Å². The lowest BCUT2D eigenvalue weighted by Crippen LogP contribution is -2.11. The maximum atomic E-state index is 11.5. The van der Waals surface area contributed by atoms with Crippen molar-refractivity contribution in [3.8, 4) is 22.4 Å². The van der Waals surface area contributed by atoms with Gasteiger partial charge < -0.3 is 4.52 Å². The minimum Gasteiger partial charge on any atom is -0.349 e. The minimum absolute atomic E-state index is 0.0760. The summed E-state index contributed by atoms with van der Waals surface area (Å²) in [6.07, 6.45) is 0. The van der Waals surface area contributed by atoms with E-state index in [0.717, 1.165) is 22.4 Å². The molecule has 3 rings (SSSR count). The maximum Gasteiger partial charge on any atom is 0.238 e. The van der Waals surface area contributed by atoms with Gasteiger partial charge >= 0.3 is 0 Å². The fourth-order valence-corrected chi connectivity index (χ4v) is 3.78. The van der Waals surface area contributed by atoms with Crippen molar-refractivity contribution in [3.05, 3.63) is 54.6 Å². The van der Waals surface area contributed by atoms with Gasteiger partial charge in [-0.3, -0.25) is 0 Å². The number of sulfonamides is 1. The summed E-state index contributed by atoms with van der Waals surface area (Å²) >= 11 is 1.57. The molecule has 130 valence electrons. The standard InChI is InChI=1S/C18H18N2O3S2/c1-12(2)24-18-16(13-8-10-15(11-9-13)25(19,21)22)17(20-23-18)14-6-4-3-5-7-14/h3-12H,1-2H3,(H2,19,21,22). The quantitative estimate of drug-likeness (QED) is 0.678. The van der Waals surface area contributed by atoms with Crippen molar-refractivity contribution in [1.82, 2.24) is 5.16 Å². The Kier molecular flexibility index (Phi) is 4.99. The van der Waals surface area contributed by atoms with Gasteiger partial charge in [-0.25, -0.2) is 13.6 Å². The van der Waals surface area contributed by atoms with E-state index >= 15 is 0 Å². The molecule has 0 aliphatic rings. The molecule has 5 nitrogen and oxygen atoms in total. The van der Waals surface area contributed by atoms with Crippen molar-refractivity contribution in [3.63, 3.8) is 0 Å². The maximum absolute atomic E-state index is 11.5. The normalized spacial score (nSPS) is 11.8. The molecule has 0 aliphatic heterocycles. The zero-order chi connectivity index (χ0) is 18.0. The zero-order valence-corrected chi connectivity index (χ0v) is 15.5. The summed E-state index contributed by atoms with van der Waals surface area (Å²) in [5.41, 5.74) is 3.35. The molecule has 0 radical (unpaired) electrons. The average Bonchev–Trinajstić information content (AvgIpc) is 2.98. The number of thioether (sulfide) groups is 1. The second-order valence-corrected chi connectivity index (χ2v) is 8.91. The second kappa shape index (κ2) is 7.03. The van der Waals surface area contributed by atoms with Gasteiger partial charge in [0.15, 0.2) is 0 Å². The Balaban J connectivity index is 2.14. The lowest BCUT2D eigenvalue weighted by molar-refractivity contribution is 0.352. The van der Waals surface area contributed by atoms with E-state index in [0.29, 0.717) is 10.3 Å². The third-order valence-electron chi connectivity index (χ3n) is 3.52. The number of benzene rings is 2. The highest BCUT2D eigenvalue weighted by molar-refractivity contribution is 7.99. The van der Waals surface area contributed by atoms with E-state index in [1.165, 1.54) is 12.1 Å². The Bertz CT molecular complexity index is 963. The van der Waals surface area contributed by atoms with E-state index in [-0.39, 0.29) is 4.90 Å². The molecule has 2 N–H and O–H groups in total. The van der Waals surface area contributed by atoms with Crippen LogP contribution in [0.25, 0.3) is 22.4 Å². The van der Waals surface area contributed by atoms with E-state index in [1.54, 1.807) is 23.9 Å². The van der Waals surface area contributed by atoms with Gasteiger partial charge in [-0.2, -0.15) is 0 Å². The van der Waals surface area contributed by atoms with Crippen LogP contribution in [0.15, 0.2) is 69.1 Å². The highest BCUT2D eigenvalue weighted by atomic mass is 32.2. The minimum atomic E-state index is -3.72. The highest BCUT2D eigenvalue weighted by Gasteiger charge is 2.21. The largest absolute Gasteiger partial charge is 0.349 e. The van der Waals surface area contributed by atoms with Crippen LogP contribution in [0, 0.1) is 0 Å². The number of hydrogen-bond acceptors (Lipinski definition) is 5. The lowest BCUT2D eigenvalue weighted by atomic mass is 10.0. The third-order valence-corrected chi connectivity index (χ3v) is 5.42. The van der Waals surface area contributed by atoms with Crippen LogP contribution in [0.2, 0.25) is 0 Å². The van der Waals surface area contributed by atoms with Crippen LogP contribution in [-0.4, -0.2) is 18.8 Å². The van der Waals surface area contributed by atoms with Crippen LogP contribution in [-0.2, 0) is 10.0 Å². The molecule has 1 aromatic heterocycles. The number of primary sulfonamides is 1. The SMILES string of the molecule is CC(C)Sc1onc(-c2ccccc2)c1-c1ccc(S(N)(=O)=O)cc1. The Labute approximate surface area is 151 Å². The van der Waals surface area contributed by atoms with Gasteiger partial charge in [0.2, 0.25) is 15.1 Å². The summed E-state index contributed by atoms with van der Waals surface area (Å²) in [6.45, 7) is 4.15. The molecule has 0 aliphatic carbocycles. The van der Waals surface area contributed by atoms with Gasteiger partial charge in [-0.15, -0.1) is 0 Å². The van der Waals surface area contributed by atoms with Gasteiger partial charge in [-0.05, 0) is 17.7 Å². The van der Waals surface area contributed by atoms with E-state index < -0.39 is 10.0 Å². The van der Waals surface area contributed by atoms with Crippen molar-refractivity contribution in [2.75, 3.05) is 0 Å². The van der Waals surface area contributed by atoms with Crippen LogP contribution < -0.4 is 5.14 Å². The average molecular weight is 374 g/mol. The van der Waals surface area contributed by atoms with E-state index in [4.69, 9.17) is 9.66 Å². The fourth-order valence-electron chi connectivity index (χ4n) is 2.43. The predicted octanol–water partition coefficient (Wildman–Crippen LogP) is 4.16. The lowest BCUT2D eigenvalue weighted by Gasteiger charge is -2.07. The molecule has 0 amide bonds. The number of nitrogens with zero attached hydrogens (tertiary/aromatic N) is 1. The van der Waals surface area contributed by atoms with Crippen LogP contribution in [0.4, 0.5) is 0 Å². The molecular weight excluding hydrogens is 356 g/mol. The van der Waals surface area contributed by atoms with Crippen molar-refractivity contribution < 1.29 is 12.9 Å². The van der Waals surface area contributed by atoms with Gasteiger partial charge in [0.05, 0.1) is 10.5 Å². The number of nitrogens with two attached hydrogens (primary N) is 1. The zero-order valence-electron chi connectivity index (χ0n) is 13.8. The van der Waals surface area contributed by atoms with E-state index in [1.807, 2.05) is 30.3 Å². The molecule has 7 heteroatoms. The number of rotatable bonds is 5. The van der Waals surface area contributed by atoms with Crippen LogP contribution >= 0.6 is 11.8 Å². The van der Waals surface area contributed by atoms with Crippen LogP contribution in [0.3, 0.4) is 0 Å². The summed E-state index contributed by atoms with van der Waals surface area (Å²) in [5, 5.41) is 10.5. The van der Waals surface area contributed by atoms with Crippen molar-refractivity contribution in [2.24, 2.45) is 5.14 Å². The topological polar surface area (TPSA) is 86.2 Å². The third kappa shape index (κ3) is 3.95. The van der Waals surface area contributed by atoms with Gasteiger partial charge in [0, 0.05) is 10.8 Å².